The molecule has 0 spiro atoms. The van der Waals surface area contributed by atoms with Gasteiger partial charge in [-0.05, 0) is 18.6 Å². The van der Waals surface area contributed by atoms with Gasteiger partial charge >= 0.3 is 0 Å². The lowest BCUT2D eigenvalue weighted by atomic mass is 10.2. The van der Waals surface area contributed by atoms with Crippen molar-refractivity contribution in [2.24, 2.45) is 0 Å². The fourth-order valence-corrected chi connectivity index (χ4v) is 1.44. The zero-order chi connectivity index (χ0) is 12.3. The summed E-state index contributed by atoms with van der Waals surface area (Å²) in [6.07, 6.45) is 1.39. The molecule has 0 unspecified atom stereocenters. The molecule has 1 aromatic heterocycles. The highest BCUT2D eigenvalue weighted by Crippen LogP contribution is 2.25. The molecular formula is C10H11N5O2. The molecule has 0 saturated heterocycles. The number of nitro benzene ring substituents is 1. The number of aromatic nitrogens is 3. The summed E-state index contributed by atoms with van der Waals surface area (Å²) in [7, 11) is 0. The van der Waals surface area contributed by atoms with Crippen LogP contribution in [0.25, 0.3) is 0 Å². The van der Waals surface area contributed by atoms with Crippen LogP contribution in [-0.2, 0) is 6.54 Å². The van der Waals surface area contributed by atoms with E-state index >= 15 is 0 Å². The second-order valence-corrected chi connectivity index (χ2v) is 3.56. The molecule has 7 heteroatoms. The van der Waals surface area contributed by atoms with Crippen molar-refractivity contribution in [3.8, 4) is 0 Å². The monoisotopic (exact) mass is 233 g/mol. The van der Waals surface area contributed by atoms with Gasteiger partial charge in [0.2, 0.25) is 0 Å². The van der Waals surface area contributed by atoms with Gasteiger partial charge in [-0.1, -0.05) is 6.07 Å². The molecule has 0 amide bonds. The number of rotatable bonds is 4. The Morgan fingerprint density at radius 1 is 1.53 bits per heavy atom. The number of nitrogens with one attached hydrogen (secondary N) is 2. The minimum Gasteiger partial charge on any atom is -0.372 e. The summed E-state index contributed by atoms with van der Waals surface area (Å²) in [5, 5.41) is 20.2. The summed E-state index contributed by atoms with van der Waals surface area (Å²) in [4.78, 5) is 14.4. The Hall–Kier alpha value is -2.44. The van der Waals surface area contributed by atoms with Crippen LogP contribution in [0, 0.1) is 17.0 Å². The van der Waals surface area contributed by atoms with Crippen molar-refractivity contribution in [2.45, 2.75) is 13.5 Å². The molecule has 0 aliphatic rings. The van der Waals surface area contributed by atoms with Gasteiger partial charge in [0.15, 0.2) is 0 Å². The zero-order valence-corrected chi connectivity index (χ0v) is 9.17. The SMILES string of the molecule is Cc1ccc(NCc2ncn[nH]2)c([N+](=O)[O-])c1. The first-order chi connectivity index (χ1) is 8.16. The van der Waals surface area contributed by atoms with Gasteiger partial charge in [-0.15, -0.1) is 0 Å². The van der Waals surface area contributed by atoms with E-state index in [1.165, 1.54) is 12.4 Å². The van der Waals surface area contributed by atoms with Gasteiger partial charge in [-0.25, -0.2) is 4.98 Å². The van der Waals surface area contributed by atoms with Crippen LogP contribution < -0.4 is 5.32 Å². The fourth-order valence-electron chi connectivity index (χ4n) is 1.44. The lowest BCUT2D eigenvalue weighted by molar-refractivity contribution is -0.384. The Labute approximate surface area is 97.0 Å². The Morgan fingerprint density at radius 3 is 3.00 bits per heavy atom. The van der Waals surface area contributed by atoms with Gasteiger partial charge in [-0.3, -0.25) is 15.2 Å². The quantitative estimate of drug-likeness (QED) is 0.618. The number of hydrogen-bond acceptors (Lipinski definition) is 5. The molecule has 1 aromatic carbocycles. The Morgan fingerprint density at radius 2 is 2.35 bits per heavy atom. The number of anilines is 1. The Balaban J connectivity index is 2.17. The van der Waals surface area contributed by atoms with Gasteiger partial charge in [-0.2, -0.15) is 5.10 Å². The standard InChI is InChI=1S/C10H11N5O2/c1-7-2-3-8(9(4-7)15(16)17)11-5-10-12-6-13-14-10/h2-4,6,11H,5H2,1H3,(H,12,13,14). The number of H-pyrrole nitrogens is 1. The molecule has 1 heterocycles. The minimum absolute atomic E-state index is 0.0597. The van der Waals surface area contributed by atoms with E-state index in [1.807, 2.05) is 13.0 Å². The van der Waals surface area contributed by atoms with E-state index in [2.05, 4.69) is 20.5 Å². The molecule has 0 saturated carbocycles. The lowest BCUT2D eigenvalue weighted by Crippen LogP contribution is -2.04. The summed E-state index contributed by atoms with van der Waals surface area (Å²) in [6.45, 7) is 2.18. The fraction of sp³-hybridized carbons (Fsp3) is 0.200. The van der Waals surface area contributed by atoms with Crippen molar-refractivity contribution in [3.63, 3.8) is 0 Å². The maximum absolute atomic E-state index is 10.9. The molecule has 0 bridgehead atoms. The third-order valence-electron chi connectivity index (χ3n) is 2.26. The molecule has 0 radical (unpaired) electrons. The van der Waals surface area contributed by atoms with Gasteiger partial charge in [0, 0.05) is 6.07 Å². The van der Waals surface area contributed by atoms with Crippen molar-refractivity contribution >= 4 is 11.4 Å². The largest absolute Gasteiger partial charge is 0.372 e. The van der Waals surface area contributed by atoms with Gasteiger partial charge in [0.05, 0.1) is 11.5 Å². The molecule has 2 aromatic rings. The lowest BCUT2D eigenvalue weighted by Gasteiger charge is -2.05. The number of hydrogen-bond donors (Lipinski definition) is 2. The molecule has 0 fully saturated rings. The highest BCUT2D eigenvalue weighted by Gasteiger charge is 2.13. The number of nitro groups is 1. The van der Waals surface area contributed by atoms with Crippen LogP contribution in [0.1, 0.15) is 11.4 Å². The predicted octanol–water partition coefficient (Wildman–Crippen LogP) is 1.63. The maximum atomic E-state index is 10.9. The maximum Gasteiger partial charge on any atom is 0.292 e. The second-order valence-electron chi connectivity index (χ2n) is 3.56. The third-order valence-corrected chi connectivity index (χ3v) is 2.26. The zero-order valence-electron chi connectivity index (χ0n) is 9.17. The minimum atomic E-state index is -0.407. The van der Waals surface area contributed by atoms with Crippen LogP contribution >= 0.6 is 0 Å². The third kappa shape index (κ3) is 2.57. The summed E-state index contributed by atoms with van der Waals surface area (Å²) < 4.78 is 0. The molecule has 7 nitrogen and oxygen atoms in total. The van der Waals surface area contributed by atoms with E-state index in [1.54, 1.807) is 6.07 Å². The average molecular weight is 233 g/mol. The first kappa shape index (κ1) is 11.1. The van der Waals surface area contributed by atoms with Gasteiger partial charge in [0.1, 0.15) is 17.8 Å². The average Bonchev–Trinajstić information content (AvgIpc) is 2.80. The first-order valence-electron chi connectivity index (χ1n) is 5.00. The van der Waals surface area contributed by atoms with Crippen molar-refractivity contribution in [1.29, 1.82) is 0 Å². The van der Waals surface area contributed by atoms with Gasteiger partial charge < -0.3 is 5.32 Å². The smallest absolute Gasteiger partial charge is 0.292 e. The summed E-state index contributed by atoms with van der Waals surface area (Å²) in [6, 6.07) is 5.03. The highest BCUT2D eigenvalue weighted by molar-refractivity contribution is 5.62. The van der Waals surface area contributed by atoms with E-state index in [9.17, 15) is 10.1 Å². The molecular weight excluding hydrogens is 222 g/mol. The van der Waals surface area contributed by atoms with Crippen LogP contribution in [0.4, 0.5) is 11.4 Å². The van der Waals surface area contributed by atoms with Crippen LogP contribution in [0.15, 0.2) is 24.5 Å². The van der Waals surface area contributed by atoms with E-state index in [0.29, 0.717) is 18.1 Å². The topological polar surface area (TPSA) is 96.7 Å². The highest BCUT2D eigenvalue weighted by atomic mass is 16.6. The molecule has 0 atom stereocenters. The normalized spacial score (nSPS) is 10.2. The Bertz CT molecular complexity index is 523. The second kappa shape index (κ2) is 4.60. The summed E-state index contributed by atoms with van der Waals surface area (Å²) in [5.41, 5.74) is 1.38. The van der Waals surface area contributed by atoms with Crippen molar-refractivity contribution in [3.05, 3.63) is 46.0 Å². The number of benzene rings is 1. The van der Waals surface area contributed by atoms with E-state index in [4.69, 9.17) is 0 Å². The van der Waals surface area contributed by atoms with Crippen LogP contribution in [0.5, 0.6) is 0 Å². The molecule has 2 rings (SSSR count). The first-order valence-corrected chi connectivity index (χ1v) is 5.00. The van der Waals surface area contributed by atoms with E-state index in [0.717, 1.165) is 5.56 Å². The molecule has 0 aliphatic heterocycles. The van der Waals surface area contributed by atoms with Crippen molar-refractivity contribution < 1.29 is 4.92 Å². The molecule has 88 valence electrons. The van der Waals surface area contributed by atoms with E-state index < -0.39 is 4.92 Å². The van der Waals surface area contributed by atoms with Gasteiger partial charge in [0.25, 0.3) is 5.69 Å². The molecule has 2 N–H and O–H groups in total. The molecule has 17 heavy (non-hydrogen) atoms. The molecule has 0 aliphatic carbocycles. The number of aryl methyl sites for hydroxylation is 1. The number of nitrogens with zero attached hydrogens (tertiary/aromatic N) is 3. The van der Waals surface area contributed by atoms with E-state index in [-0.39, 0.29) is 5.69 Å². The Kier molecular flexibility index (Phi) is 2.99. The summed E-state index contributed by atoms with van der Waals surface area (Å²) in [5.74, 6) is 0.625. The van der Waals surface area contributed by atoms with Crippen LogP contribution in [0.3, 0.4) is 0 Å². The van der Waals surface area contributed by atoms with Crippen LogP contribution in [-0.4, -0.2) is 20.1 Å². The summed E-state index contributed by atoms with van der Waals surface area (Å²) >= 11 is 0. The van der Waals surface area contributed by atoms with Crippen LogP contribution in [0.2, 0.25) is 0 Å². The predicted molar refractivity (Wildman–Crippen MR) is 61.5 cm³/mol. The van der Waals surface area contributed by atoms with Crippen molar-refractivity contribution in [1.82, 2.24) is 15.2 Å². The van der Waals surface area contributed by atoms with Crippen molar-refractivity contribution in [2.75, 3.05) is 5.32 Å². The number of aromatic amines is 1.